The summed E-state index contributed by atoms with van der Waals surface area (Å²) in [7, 11) is 0. The van der Waals surface area contributed by atoms with Crippen LogP contribution in [-0.4, -0.2) is 41.9 Å². The average Bonchev–Trinajstić information content (AvgIpc) is 3.30. The van der Waals surface area contributed by atoms with Crippen molar-refractivity contribution in [3.05, 3.63) is 72.4 Å². The molecule has 33 heavy (non-hydrogen) atoms. The highest BCUT2D eigenvalue weighted by Gasteiger charge is 2.18. The van der Waals surface area contributed by atoms with E-state index in [-0.39, 0.29) is 24.0 Å². The van der Waals surface area contributed by atoms with E-state index >= 15 is 0 Å². The number of fused-ring (bicyclic) bond motifs is 1. The van der Waals surface area contributed by atoms with E-state index in [2.05, 4.69) is 15.6 Å². The number of aromatic nitrogens is 1. The predicted octanol–water partition coefficient (Wildman–Crippen LogP) is 3.34. The Hall–Kier alpha value is -4.05. The standard InChI is InChI=1S/C23H19N3O6S/c27-20(25-15-5-2-1-3-6-15)12-30-23(29)17-7-4-10-24-22(17)33-13-21(28)26-16-8-9-18-19(11-16)32-14-31-18/h1-11H,12-14H2,(H,25,27)(H,26,28). The van der Waals surface area contributed by atoms with Crippen molar-refractivity contribution in [1.82, 2.24) is 4.98 Å². The lowest BCUT2D eigenvalue weighted by Gasteiger charge is -2.09. The molecule has 1 aromatic heterocycles. The molecule has 2 heterocycles. The van der Waals surface area contributed by atoms with Crippen LogP contribution in [0.25, 0.3) is 0 Å². The van der Waals surface area contributed by atoms with Gasteiger partial charge in [0, 0.05) is 23.6 Å². The third-order valence-corrected chi connectivity index (χ3v) is 5.38. The second-order valence-corrected chi connectivity index (χ2v) is 7.72. The summed E-state index contributed by atoms with van der Waals surface area (Å²) in [4.78, 5) is 41.0. The Kier molecular flexibility index (Phi) is 7.06. The van der Waals surface area contributed by atoms with Crippen LogP contribution >= 0.6 is 11.8 Å². The Morgan fingerprint density at radius 2 is 1.70 bits per heavy atom. The van der Waals surface area contributed by atoms with Gasteiger partial charge in [-0.2, -0.15) is 0 Å². The van der Waals surface area contributed by atoms with E-state index in [1.165, 1.54) is 12.3 Å². The minimum absolute atomic E-state index is 0.0141. The molecule has 2 aromatic carbocycles. The largest absolute Gasteiger partial charge is 0.454 e. The molecule has 0 radical (unpaired) electrons. The molecule has 1 aliphatic heterocycles. The summed E-state index contributed by atoms with van der Waals surface area (Å²) in [5.41, 5.74) is 1.34. The Morgan fingerprint density at radius 1 is 0.909 bits per heavy atom. The van der Waals surface area contributed by atoms with Crippen LogP contribution in [0.2, 0.25) is 0 Å². The second-order valence-electron chi connectivity index (χ2n) is 6.75. The summed E-state index contributed by atoms with van der Waals surface area (Å²) < 4.78 is 15.7. The molecule has 0 fully saturated rings. The van der Waals surface area contributed by atoms with E-state index in [0.717, 1.165) is 11.8 Å². The number of carbonyl (C=O) groups is 3. The lowest BCUT2D eigenvalue weighted by Crippen LogP contribution is -2.21. The number of nitrogens with one attached hydrogen (secondary N) is 2. The fourth-order valence-electron chi connectivity index (χ4n) is 2.89. The molecule has 4 rings (SSSR count). The van der Waals surface area contributed by atoms with Crippen LogP contribution in [0.3, 0.4) is 0 Å². The summed E-state index contributed by atoms with van der Waals surface area (Å²) in [6.45, 7) is -0.299. The van der Waals surface area contributed by atoms with Crippen molar-refractivity contribution in [3.63, 3.8) is 0 Å². The zero-order valence-corrected chi connectivity index (χ0v) is 18.1. The first kappa shape index (κ1) is 22.2. The van der Waals surface area contributed by atoms with Crippen LogP contribution in [0, 0.1) is 0 Å². The van der Waals surface area contributed by atoms with Gasteiger partial charge >= 0.3 is 5.97 Å². The van der Waals surface area contributed by atoms with Crippen molar-refractivity contribution in [1.29, 1.82) is 0 Å². The topological polar surface area (TPSA) is 116 Å². The molecule has 0 saturated heterocycles. The van der Waals surface area contributed by atoms with Gasteiger partial charge in [0.1, 0.15) is 5.03 Å². The Labute approximate surface area is 193 Å². The minimum atomic E-state index is -0.704. The summed E-state index contributed by atoms with van der Waals surface area (Å²) in [6, 6.07) is 17.1. The van der Waals surface area contributed by atoms with Crippen molar-refractivity contribution in [3.8, 4) is 11.5 Å². The Morgan fingerprint density at radius 3 is 2.55 bits per heavy atom. The number of rotatable bonds is 8. The number of carbonyl (C=O) groups excluding carboxylic acids is 3. The Bertz CT molecular complexity index is 1170. The van der Waals surface area contributed by atoms with Crippen molar-refractivity contribution >= 4 is 40.9 Å². The first-order valence-corrected chi connectivity index (χ1v) is 10.9. The van der Waals surface area contributed by atoms with Crippen LogP contribution in [0.1, 0.15) is 10.4 Å². The van der Waals surface area contributed by atoms with Crippen LogP contribution in [0.15, 0.2) is 71.9 Å². The maximum atomic E-state index is 12.5. The molecule has 1 aliphatic rings. The maximum absolute atomic E-state index is 12.5. The van der Waals surface area contributed by atoms with Crippen molar-refractivity contribution in [2.24, 2.45) is 0 Å². The summed E-state index contributed by atoms with van der Waals surface area (Å²) in [5, 5.41) is 5.72. The van der Waals surface area contributed by atoms with E-state index in [9.17, 15) is 14.4 Å². The molecule has 3 aromatic rings. The number of para-hydroxylation sites is 1. The highest BCUT2D eigenvalue weighted by atomic mass is 32.2. The van der Waals surface area contributed by atoms with Crippen LogP contribution in [0.5, 0.6) is 11.5 Å². The van der Waals surface area contributed by atoms with E-state index in [1.807, 2.05) is 6.07 Å². The van der Waals surface area contributed by atoms with Crippen LogP contribution < -0.4 is 20.1 Å². The lowest BCUT2D eigenvalue weighted by molar-refractivity contribution is -0.119. The van der Waals surface area contributed by atoms with Crippen molar-refractivity contribution in [2.75, 3.05) is 29.8 Å². The number of ether oxygens (including phenoxy) is 3. The summed E-state index contributed by atoms with van der Waals surface area (Å²) in [6.07, 6.45) is 1.51. The molecule has 0 saturated carbocycles. The predicted molar refractivity (Wildman–Crippen MR) is 122 cm³/mol. The molecule has 2 N–H and O–H groups in total. The highest BCUT2D eigenvalue weighted by molar-refractivity contribution is 8.00. The number of thioether (sulfide) groups is 1. The van der Waals surface area contributed by atoms with Gasteiger partial charge in [0.05, 0.1) is 11.3 Å². The van der Waals surface area contributed by atoms with Gasteiger partial charge in [-0.1, -0.05) is 30.0 Å². The first-order valence-electron chi connectivity index (χ1n) is 9.88. The quantitative estimate of drug-likeness (QED) is 0.384. The number of esters is 1. The van der Waals surface area contributed by atoms with Gasteiger partial charge < -0.3 is 24.8 Å². The average molecular weight is 465 g/mol. The monoisotopic (exact) mass is 465 g/mol. The molecular weight excluding hydrogens is 446 g/mol. The molecule has 9 nitrogen and oxygen atoms in total. The van der Waals surface area contributed by atoms with Gasteiger partial charge in [-0.25, -0.2) is 9.78 Å². The Balaban J connectivity index is 1.29. The number of pyridine rings is 1. The molecule has 0 bridgehead atoms. The van der Waals surface area contributed by atoms with E-state index < -0.39 is 18.5 Å². The number of hydrogen-bond acceptors (Lipinski definition) is 8. The third kappa shape index (κ3) is 6.01. The van der Waals surface area contributed by atoms with Gasteiger partial charge in [0.15, 0.2) is 18.1 Å². The molecule has 0 atom stereocenters. The normalized spacial score (nSPS) is 11.5. The molecule has 168 valence electrons. The molecule has 0 unspecified atom stereocenters. The number of nitrogens with zero attached hydrogens (tertiary/aromatic N) is 1. The first-order chi connectivity index (χ1) is 16.1. The SMILES string of the molecule is O=C(COC(=O)c1cccnc1SCC(=O)Nc1ccc2c(c1)OCO2)Nc1ccccc1. The summed E-state index contributed by atoms with van der Waals surface area (Å²) in [5.74, 6) is -0.255. The number of hydrogen-bond donors (Lipinski definition) is 2. The molecule has 2 amide bonds. The maximum Gasteiger partial charge on any atom is 0.341 e. The zero-order valence-electron chi connectivity index (χ0n) is 17.3. The van der Waals surface area contributed by atoms with E-state index in [1.54, 1.807) is 48.5 Å². The van der Waals surface area contributed by atoms with Crippen LogP contribution in [0.4, 0.5) is 11.4 Å². The molecule has 0 spiro atoms. The lowest BCUT2D eigenvalue weighted by atomic mass is 10.3. The van der Waals surface area contributed by atoms with Gasteiger partial charge in [-0.05, 0) is 36.4 Å². The van der Waals surface area contributed by atoms with Gasteiger partial charge in [-0.3, -0.25) is 9.59 Å². The fourth-order valence-corrected chi connectivity index (χ4v) is 3.68. The molecule has 10 heteroatoms. The van der Waals surface area contributed by atoms with Gasteiger partial charge in [-0.15, -0.1) is 0 Å². The molecule has 0 aliphatic carbocycles. The fraction of sp³-hybridized carbons (Fsp3) is 0.130. The second kappa shape index (κ2) is 10.5. The highest BCUT2D eigenvalue weighted by Crippen LogP contribution is 2.34. The van der Waals surface area contributed by atoms with E-state index in [4.69, 9.17) is 14.2 Å². The van der Waals surface area contributed by atoms with Crippen LogP contribution in [-0.2, 0) is 14.3 Å². The van der Waals surface area contributed by atoms with E-state index in [0.29, 0.717) is 27.9 Å². The number of anilines is 2. The minimum Gasteiger partial charge on any atom is -0.454 e. The number of amides is 2. The zero-order chi connectivity index (χ0) is 23.0. The van der Waals surface area contributed by atoms with Gasteiger partial charge in [0.25, 0.3) is 5.91 Å². The van der Waals surface area contributed by atoms with Crippen molar-refractivity contribution in [2.45, 2.75) is 5.03 Å². The summed E-state index contributed by atoms with van der Waals surface area (Å²) >= 11 is 1.08. The third-order valence-electron chi connectivity index (χ3n) is 4.38. The smallest absolute Gasteiger partial charge is 0.341 e. The molecular formula is C23H19N3O6S. The number of benzene rings is 2. The van der Waals surface area contributed by atoms with Gasteiger partial charge in [0.2, 0.25) is 12.7 Å². The van der Waals surface area contributed by atoms with Crippen molar-refractivity contribution < 1.29 is 28.6 Å².